The van der Waals surface area contributed by atoms with E-state index in [1.165, 1.54) is 5.56 Å². The zero-order chi connectivity index (χ0) is 17.2. The fraction of sp³-hybridized carbons (Fsp3) is 0.0870. The number of aromatic hydroxyl groups is 1. The Bertz CT molecular complexity index is 951. The number of hydrogen-bond donors (Lipinski definition) is 1. The maximum Gasteiger partial charge on any atom is 0.189 e. The Morgan fingerprint density at radius 1 is 0.760 bits per heavy atom. The van der Waals surface area contributed by atoms with E-state index in [0.717, 1.165) is 35.1 Å². The van der Waals surface area contributed by atoms with Gasteiger partial charge in [0.1, 0.15) is 5.75 Å². The number of aryl methyl sites for hydroxylation is 1. The molecule has 1 aliphatic carbocycles. The van der Waals surface area contributed by atoms with Crippen LogP contribution in [0.25, 0.3) is 5.57 Å². The third-order valence-corrected chi connectivity index (χ3v) is 4.70. The van der Waals surface area contributed by atoms with Crippen molar-refractivity contribution in [2.24, 2.45) is 0 Å². The van der Waals surface area contributed by atoms with Gasteiger partial charge in [-0.3, -0.25) is 4.79 Å². The highest BCUT2D eigenvalue weighted by atomic mass is 16.3. The van der Waals surface area contributed by atoms with Gasteiger partial charge in [0, 0.05) is 11.1 Å². The molecule has 0 radical (unpaired) electrons. The molecule has 0 atom stereocenters. The molecule has 25 heavy (non-hydrogen) atoms. The predicted octanol–water partition coefficient (Wildman–Crippen LogP) is 5.02. The molecule has 0 heterocycles. The summed E-state index contributed by atoms with van der Waals surface area (Å²) in [4.78, 5) is 13.2. The van der Waals surface area contributed by atoms with E-state index in [2.05, 4.69) is 24.3 Å². The number of phenols is 1. The van der Waals surface area contributed by atoms with Crippen molar-refractivity contribution >= 4 is 11.4 Å². The van der Waals surface area contributed by atoms with Gasteiger partial charge >= 0.3 is 0 Å². The number of carbonyl (C=O) groups is 1. The fourth-order valence-electron chi connectivity index (χ4n) is 3.48. The molecule has 1 aliphatic rings. The Hall–Kier alpha value is -3.13. The first kappa shape index (κ1) is 15.4. The standard InChI is InChI=1S/C23H18O2/c24-19-13-10-18(11-14-19)23(25)21-15-12-16-6-4-5-9-20(16)22(21)17-7-2-1-3-8-17/h1-11,13-14,24H,12,15H2. The smallest absolute Gasteiger partial charge is 0.189 e. The summed E-state index contributed by atoms with van der Waals surface area (Å²) in [6.07, 6.45) is 1.59. The van der Waals surface area contributed by atoms with Crippen LogP contribution in [0, 0.1) is 0 Å². The lowest BCUT2D eigenvalue weighted by Gasteiger charge is -2.23. The summed E-state index contributed by atoms with van der Waals surface area (Å²) >= 11 is 0. The topological polar surface area (TPSA) is 37.3 Å². The third kappa shape index (κ3) is 2.87. The van der Waals surface area contributed by atoms with Crippen LogP contribution in [-0.2, 0) is 6.42 Å². The highest BCUT2D eigenvalue weighted by Gasteiger charge is 2.25. The molecule has 0 saturated heterocycles. The zero-order valence-corrected chi connectivity index (χ0v) is 13.8. The van der Waals surface area contributed by atoms with Crippen molar-refractivity contribution in [3.8, 4) is 5.75 Å². The Labute approximate surface area is 147 Å². The van der Waals surface area contributed by atoms with Crippen LogP contribution < -0.4 is 0 Å². The third-order valence-electron chi connectivity index (χ3n) is 4.70. The molecule has 0 spiro atoms. The van der Waals surface area contributed by atoms with Crippen molar-refractivity contribution < 1.29 is 9.90 Å². The lowest BCUT2D eigenvalue weighted by atomic mass is 9.80. The minimum absolute atomic E-state index is 0.0355. The molecule has 4 rings (SSSR count). The summed E-state index contributed by atoms with van der Waals surface area (Å²) in [5.74, 6) is 0.205. The van der Waals surface area contributed by atoms with Crippen LogP contribution >= 0.6 is 0 Å². The maximum atomic E-state index is 13.2. The molecule has 3 aromatic rings. The van der Waals surface area contributed by atoms with Gasteiger partial charge in [0.2, 0.25) is 0 Å². The van der Waals surface area contributed by atoms with Crippen molar-refractivity contribution in [2.75, 3.05) is 0 Å². The molecule has 2 nitrogen and oxygen atoms in total. The number of benzene rings is 3. The Kier molecular flexibility index (Phi) is 3.95. The van der Waals surface area contributed by atoms with Gasteiger partial charge in [-0.25, -0.2) is 0 Å². The highest BCUT2D eigenvalue weighted by molar-refractivity contribution is 6.15. The monoisotopic (exact) mass is 326 g/mol. The van der Waals surface area contributed by atoms with E-state index < -0.39 is 0 Å². The summed E-state index contributed by atoms with van der Waals surface area (Å²) in [5.41, 5.74) is 5.97. The van der Waals surface area contributed by atoms with Gasteiger partial charge in [-0.15, -0.1) is 0 Å². The first-order valence-electron chi connectivity index (χ1n) is 8.44. The Balaban J connectivity index is 1.91. The average molecular weight is 326 g/mol. The Morgan fingerprint density at radius 2 is 1.44 bits per heavy atom. The normalized spacial score (nSPS) is 13.4. The molecule has 2 heteroatoms. The molecule has 1 N–H and O–H groups in total. The van der Waals surface area contributed by atoms with E-state index in [1.54, 1.807) is 24.3 Å². The van der Waals surface area contributed by atoms with Crippen molar-refractivity contribution in [3.05, 3.63) is 107 Å². The molecular formula is C23H18O2. The van der Waals surface area contributed by atoms with Crippen molar-refractivity contribution in [2.45, 2.75) is 12.8 Å². The van der Waals surface area contributed by atoms with E-state index in [4.69, 9.17) is 0 Å². The zero-order valence-electron chi connectivity index (χ0n) is 13.8. The van der Waals surface area contributed by atoms with Gasteiger partial charge in [-0.05, 0) is 59.4 Å². The molecule has 0 aliphatic heterocycles. The van der Waals surface area contributed by atoms with Gasteiger partial charge in [-0.2, -0.15) is 0 Å². The van der Waals surface area contributed by atoms with E-state index in [9.17, 15) is 9.90 Å². The first-order chi connectivity index (χ1) is 12.2. The number of rotatable bonds is 3. The van der Waals surface area contributed by atoms with Crippen LogP contribution in [0.4, 0.5) is 0 Å². The fourth-order valence-corrected chi connectivity index (χ4v) is 3.48. The van der Waals surface area contributed by atoms with Gasteiger partial charge in [-0.1, -0.05) is 54.6 Å². The largest absolute Gasteiger partial charge is 0.508 e. The number of allylic oxidation sites excluding steroid dienone is 1. The summed E-state index contributed by atoms with van der Waals surface area (Å²) in [7, 11) is 0. The molecule has 122 valence electrons. The molecule has 0 amide bonds. The SMILES string of the molecule is O=C(C1=C(c2ccccc2)c2ccccc2CC1)c1ccc(O)cc1. The van der Waals surface area contributed by atoms with Gasteiger partial charge in [0.15, 0.2) is 5.78 Å². The maximum absolute atomic E-state index is 13.2. The van der Waals surface area contributed by atoms with Crippen LogP contribution in [-0.4, -0.2) is 10.9 Å². The molecule has 0 saturated carbocycles. The molecule has 0 bridgehead atoms. The Morgan fingerprint density at radius 3 is 2.20 bits per heavy atom. The van der Waals surface area contributed by atoms with E-state index in [1.807, 2.05) is 30.3 Å². The van der Waals surface area contributed by atoms with Gasteiger partial charge < -0.3 is 5.11 Å². The van der Waals surface area contributed by atoms with Crippen molar-refractivity contribution in [1.29, 1.82) is 0 Å². The highest BCUT2D eigenvalue weighted by Crippen LogP contribution is 2.37. The number of hydrogen-bond acceptors (Lipinski definition) is 2. The summed E-state index contributed by atoms with van der Waals surface area (Å²) in [6.45, 7) is 0. The lowest BCUT2D eigenvalue weighted by molar-refractivity contribution is 0.103. The van der Waals surface area contributed by atoms with Gasteiger partial charge in [0.25, 0.3) is 0 Å². The predicted molar refractivity (Wildman–Crippen MR) is 99.7 cm³/mol. The second-order valence-corrected chi connectivity index (χ2v) is 6.25. The van der Waals surface area contributed by atoms with Crippen molar-refractivity contribution in [1.82, 2.24) is 0 Å². The average Bonchev–Trinajstić information content (AvgIpc) is 2.68. The summed E-state index contributed by atoms with van der Waals surface area (Å²) in [5, 5.41) is 9.49. The minimum atomic E-state index is 0.0355. The number of ketones is 1. The van der Waals surface area contributed by atoms with Crippen LogP contribution in [0.1, 0.15) is 33.5 Å². The van der Waals surface area contributed by atoms with Crippen molar-refractivity contribution in [3.63, 3.8) is 0 Å². The number of fused-ring (bicyclic) bond motifs is 1. The van der Waals surface area contributed by atoms with Crippen LogP contribution in [0.5, 0.6) is 5.75 Å². The van der Waals surface area contributed by atoms with Gasteiger partial charge in [0.05, 0.1) is 0 Å². The lowest BCUT2D eigenvalue weighted by Crippen LogP contribution is -2.13. The molecule has 0 unspecified atom stereocenters. The number of Topliss-reactive ketones (excluding diaryl/α,β-unsaturated/α-hetero) is 1. The quantitative estimate of drug-likeness (QED) is 0.686. The van der Waals surface area contributed by atoms with E-state index in [-0.39, 0.29) is 11.5 Å². The van der Waals surface area contributed by atoms with E-state index in [0.29, 0.717) is 5.56 Å². The minimum Gasteiger partial charge on any atom is -0.508 e. The van der Waals surface area contributed by atoms with Crippen LogP contribution in [0.15, 0.2) is 84.4 Å². The first-order valence-corrected chi connectivity index (χ1v) is 8.44. The summed E-state index contributed by atoms with van der Waals surface area (Å²) in [6, 6.07) is 24.9. The number of phenolic OH excluding ortho intramolecular Hbond substituents is 1. The second-order valence-electron chi connectivity index (χ2n) is 6.25. The summed E-state index contributed by atoms with van der Waals surface area (Å²) < 4.78 is 0. The molecule has 0 fully saturated rings. The number of carbonyl (C=O) groups excluding carboxylic acids is 1. The second kappa shape index (κ2) is 6.40. The molecule has 0 aromatic heterocycles. The molecular weight excluding hydrogens is 308 g/mol. The molecule has 3 aromatic carbocycles. The van der Waals surface area contributed by atoms with E-state index >= 15 is 0 Å². The van der Waals surface area contributed by atoms with Crippen LogP contribution in [0.3, 0.4) is 0 Å². The van der Waals surface area contributed by atoms with Crippen LogP contribution in [0.2, 0.25) is 0 Å².